The van der Waals surface area contributed by atoms with Crippen LogP contribution in [0.4, 0.5) is 20.8 Å². The number of nitrogens with one attached hydrogen (secondary N) is 3. The Kier molecular flexibility index (Phi) is 6.76. The number of oxazole rings is 1. The van der Waals surface area contributed by atoms with Crippen LogP contribution in [0.3, 0.4) is 0 Å². The third-order valence-corrected chi connectivity index (χ3v) is 5.32. The van der Waals surface area contributed by atoms with Gasteiger partial charge in [-0.2, -0.15) is 4.98 Å². The van der Waals surface area contributed by atoms with Crippen LogP contribution in [0.5, 0.6) is 5.88 Å². The second kappa shape index (κ2) is 9.88. The summed E-state index contributed by atoms with van der Waals surface area (Å²) in [5.41, 5.74) is 6.00. The molecule has 1 fully saturated rings. The van der Waals surface area contributed by atoms with E-state index in [1.54, 1.807) is 24.3 Å². The minimum absolute atomic E-state index is 0.0666. The highest BCUT2D eigenvalue weighted by Crippen LogP contribution is 2.37. The highest BCUT2D eigenvalue weighted by Gasteiger charge is 2.23. The van der Waals surface area contributed by atoms with Crippen molar-refractivity contribution in [2.24, 2.45) is 5.73 Å². The van der Waals surface area contributed by atoms with Gasteiger partial charge in [0.05, 0.1) is 10.6 Å². The molecule has 0 saturated carbocycles. The van der Waals surface area contributed by atoms with Gasteiger partial charge in [-0.3, -0.25) is 4.79 Å². The van der Waals surface area contributed by atoms with Crippen LogP contribution in [0.25, 0.3) is 11.5 Å². The van der Waals surface area contributed by atoms with Crippen molar-refractivity contribution < 1.29 is 23.1 Å². The molecule has 33 heavy (non-hydrogen) atoms. The van der Waals surface area contributed by atoms with Gasteiger partial charge in [0.15, 0.2) is 0 Å². The smallest absolute Gasteiger partial charge is 0.411 e. The van der Waals surface area contributed by atoms with Gasteiger partial charge in [-0.25, -0.2) is 9.18 Å². The number of carbonyl (C=O) groups is 2. The first-order valence-corrected chi connectivity index (χ1v) is 10.6. The van der Waals surface area contributed by atoms with E-state index in [1.165, 1.54) is 18.2 Å². The van der Waals surface area contributed by atoms with Gasteiger partial charge < -0.3 is 30.8 Å². The molecule has 3 aromatic rings. The van der Waals surface area contributed by atoms with Gasteiger partial charge in [0.1, 0.15) is 5.82 Å². The van der Waals surface area contributed by atoms with E-state index in [2.05, 4.69) is 20.9 Å². The first-order chi connectivity index (χ1) is 15.9. The molecule has 1 aliphatic rings. The number of benzene rings is 2. The Labute approximate surface area is 193 Å². The van der Waals surface area contributed by atoms with Crippen LogP contribution in [0.15, 0.2) is 46.9 Å². The number of rotatable bonds is 6. The zero-order valence-electron chi connectivity index (χ0n) is 17.4. The van der Waals surface area contributed by atoms with Crippen LogP contribution in [0, 0.1) is 5.82 Å². The molecule has 0 aliphatic carbocycles. The Morgan fingerprint density at radius 1 is 1.24 bits per heavy atom. The standard InChI is InChI=1S/C22H21ClFN5O4/c23-15-4-1-5-16(24)17(15)19-29-21(33-22(25)31)20(32-19)28-13-8-6-12(7-9-13)18(30)27-14-3-2-10-26-11-14/h1,4-9,14,26,28H,2-3,10-11H2,(H2,25,31)(H,27,30)/t14-/m1/s1. The summed E-state index contributed by atoms with van der Waals surface area (Å²) in [6, 6.07) is 10.7. The summed E-state index contributed by atoms with van der Waals surface area (Å²) in [4.78, 5) is 27.8. The summed E-state index contributed by atoms with van der Waals surface area (Å²) in [5.74, 6) is -1.42. The molecule has 4 rings (SSSR count). The van der Waals surface area contributed by atoms with Crippen molar-refractivity contribution in [2.75, 3.05) is 18.4 Å². The zero-order valence-corrected chi connectivity index (χ0v) is 18.1. The second-order valence-electron chi connectivity index (χ2n) is 7.39. The lowest BCUT2D eigenvalue weighted by Gasteiger charge is -2.23. The fourth-order valence-electron chi connectivity index (χ4n) is 3.44. The third-order valence-electron chi connectivity index (χ3n) is 5.01. The average molecular weight is 474 g/mol. The third kappa shape index (κ3) is 5.41. The van der Waals surface area contributed by atoms with Gasteiger partial charge in [-0.1, -0.05) is 17.7 Å². The Morgan fingerprint density at radius 2 is 2.03 bits per heavy atom. The van der Waals surface area contributed by atoms with Gasteiger partial charge in [0, 0.05) is 23.8 Å². The van der Waals surface area contributed by atoms with Crippen molar-refractivity contribution in [3.8, 4) is 17.3 Å². The summed E-state index contributed by atoms with van der Waals surface area (Å²) >= 11 is 6.07. The lowest BCUT2D eigenvalue weighted by molar-refractivity contribution is 0.0930. The van der Waals surface area contributed by atoms with Crippen LogP contribution in [0.2, 0.25) is 5.02 Å². The number of anilines is 2. The minimum Gasteiger partial charge on any atom is -0.416 e. The maximum absolute atomic E-state index is 14.3. The predicted molar refractivity (Wildman–Crippen MR) is 120 cm³/mol. The minimum atomic E-state index is -1.12. The highest BCUT2D eigenvalue weighted by atomic mass is 35.5. The molecule has 1 aliphatic heterocycles. The molecular weight excluding hydrogens is 453 g/mol. The Morgan fingerprint density at radius 3 is 2.70 bits per heavy atom. The SMILES string of the molecule is NC(=O)Oc1nc(-c2c(F)cccc2Cl)oc1Nc1ccc(C(=O)N[C@@H]2CCCNC2)cc1. The van der Waals surface area contributed by atoms with Gasteiger partial charge in [-0.15, -0.1) is 0 Å². The first kappa shape index (κ1) is 22.6. The van der Waals surface area contributed by atoms with Crippen molar-refractivity contribution in [2.45, 2.75) is 18.9 Å². The number of ether oxygens (including phenoxy) is 1. The molecule has 1 aromatic heterocycles. The molecule has 2 heterocycles. The number of piperidine rings is 1. The molecule has 0 spiro atoms. The average Bonchev–Trinajstić information content (AvgIpc) is 3.15. The van der Waals surface area contributed by atoms with Gasteiger partial charge in [0.25, 0.3) is 17.7 Å². The van der Waals surface area contributed by atoms with E-state index in [4.69, 9.17) is 26.5 Å². The molecule has 2 aromatic carbocycles. The number of hydrogen-bond acceptors (Lipinski definition) is 7. The number of hydrogen-bond donors (Lipinski definition) is 4. The number of aromatic nitrogens is 1. The molecular formula is C22H21ClFN5O4. The molecule has 172 valence electrons. The van der Waals surface area contributed by atoms with Crippen LogP contribution >= 0.6 is 11.6 Å². The van der Waals surface area contributed by atoms with Crippen molar-refractivity contribution in [1.82, 2.24) is 15.6 Å². The van der Waals surface area contributed by atoms with Crippen LogP contribution in [-0.4, -0.2) is 36.1 Å². The molecule has 1 atom stereocenters. The van der Waals surface area contributed by atoms with Crippen LogP contribution < -0.4 is 26.4 Å². The topological polar surface area (TPSA) is 132 Å². The normalized spacial score (nSPS) is 15.6. The zero-order chi connectivity index (χ0) is 23.4. The maximum Gasteiger partial charge on any atom is 0.411 e. The van der Waals surface area contributed by atoms with Crippen molar-refractivity contribution >= 4 is 35.2 Å². The van der Waals surface area contributed by atoms with Gasteiger partial charge in [0.2, 0.25) is 5.89 Å². The number of halogens is 2. The van der Waals surface area contributed by atoms with E-state index in [1.807, 2.05) is 0 Å². The van der Waals surface area contributed by atoms with Crippen molar-refractivity contribution in [3.63, 3.8) is 0 Å². The molecule has 2 amide bonds. The molecule has 9 nitrogen and oxygen atoms in total. The molecule has 11 heteroatoms. The van der Waals surface area contributed by atoms with Crippen LogP contribution in [0.1, 0.15) is 23.2 Å². The largest absolute Gasteiger partial charge is 0.416 e. The molecule has 5 N–H and O–H groups in total. The fourth-order valence-corrected chi connectivity index (χ4v) is 3.68. The summed E-state index contributed by atoms with van der Waals surface area (Å²) in [7, 11) is 0. The summed E-state index contributed by atoms with van der Waals surface area (Å²) in [6.07, 6.45) is 0.823. The number of amides is 2. The molecule has 0 bridgehead atoms. The van der Waals surface area contributed by atoms with Crippen LogP contribution in [-0.2, 0) is 0 Å². The number of primary amides is 1. The second-order valence-corrected chi connectivity index (χ2v) is 7.80. The fraction of sp³-hybridized carbons (Fsp3) is 0.227. The lowest BCUT2D eigenvalue weighted by Crippen LogP contribution is -2.45. The van der Waals surface area contributed by atoms with Crippen molar-refractivity contribution in [1.29, 1.82) is 0 Å². The van der Waals surface area contributed by atoms with E-state index in [0.29, 0.717) is 11.3 Å². The molecule has 0 radical (unpaired) electrons. The van der Waals surface area contributed by atoms with E-state index >= 15 is 0 Å². The Hall–Kier alpha value is -3.63. The lowest BCUT2D eigenvalue weighted by atomic mass is 10.1. The Bertz CT molecular complexity index is 1140. The number of nitrogens with two attached hydrogens (primary N) is 1. The van der Waals surface area contributed by atoms with E-state index in [0.717, 1.165) is 25.9 Å². The van der Waals surface area contributed by atoms with E-state index in [-0.39, 0.29) is 40.2 Å². The Balaban J connectivity index is 1.53. The number of carbonyl (C=O) groups excluding carboxylic acids is 2. The maximum atomic E-state index is 14.3. The van der Waals surface area contributed by atoms with E-state index < -0.39 is 11.9 Å². The predicted octanol–water partition coefficient (Wildman–Crippen LogP) is 3.82. The molecule has 1 saturated heterocycles. The summed E-state index contributed by atoms with van der Waals surface area (Å²) in [6.45, 7) is 1.70. The van der Waals surface area contributed by atoms with Gasteiger partial charge in [-0.05, 0) is 55.8 Å². The molecule has 0 unspecified atom stereocenters. The number of nitrogens with zero attached hydrogens (tertiary/aromatic N) is 1. The summed E-state index contributed by atoms with van der Waals surface area (Å²) in [5, 5.41) is 9.20. The quantitative estimate of drug-likeness (QED) is 0.428. The van der Waals surface area contributed by atoms with E-state index in [9.17, 15) is 14.0 Å². The first-order valence-electron chi connectivity index (χ1n) is 10.2. The van der Waals surface area contributed by atoms with Gasteiger partial charge >= 0.3 is 6.09 Å². The monoisotopic (exact) mass is 473 g/mol. The van der Waals surface area contributed by atoms with Crippen molar-refractivity contribution in [3.05, 3.63) is 58.9 Å². The summed E-state index contributed by atoms with van der Waals surface area (Å²) < 4.78 is 24.7. The highest BCUT2D eigenvalue weighted by molar-refractivity contribution is 6.33.